The quantitative estimate of drug-likeness (QED) is 0.790. The highest BCUT2D eigenvalue weighted by atomic mass is 16.5. The van der Waals surface area contributed by atoms with Crippen LogP contribution in [0.4, 0.5) is 5.82 Å². The summed E-state index contributed by atoms with van der Waals surface area (Å²) in [4.78, 5) is 19.5. The van der Waals surface area contributed by atoms with E-state index in [0.29, 0.717) is 11.5 Å². The maximum Gasteiger partial charge on any atom is 0.356 e. The first-order chi connectivity index (χ1) is 8.20. The van der Waals surface area contributed by atoms with Crippen LogP contribution in [0.5, 0.6) is 0 Å². The van der Waals surface area contributed by atoms with E-state index >= 15 is 0 Å². The van der Waals surface area contributed by atoms with Gasteiger partial charge in [0.05, 0.1) is 12.8 Å². The van der Waals surface area contributed by atoms with Crippen molar-refractivity contribution in [3.63, 3.8) is 0 Å². The standard InChI is InChI=1S/C12H11N3O2/c1-17-12(16)10-4-2-3-9(15-10)8-5-6-11(13)14-7-8/h2-7H,1H3,(H2,13,14). The largest absolute Gasteiger partial charge is 0.464 e. The van der Waals surface area contributed by atoms with Crippen molar-refractivity contribution in [3.05, 3.63) is 42.2 Å². The van der Waals surface area contributed by atoms with Gasteiger partial charge in [-0.15, -0.1) is 0 Å². The number of nitrogens with two attached hydrogens (primary N) is 1. The molecule has 17 heavy (non-hydrogen) atoms. The lowest BCUT2D eigenvalue weighted by atomic mass is 10.2. The number of hydrogen-bond acceptors (Lipinski definition) is 5. The summed E-state index contributed by atoms with van der Waals surface area (Å²) in [5.41, 5.74) is 7.21. The summed E-state index contributed by atoms with van der Waals surface area (Å²) in [5, 5.41) is 0. The molecule has 5 heteroatoms. The maximum atomic E-state index is 11.3. The van der Waals surface area contributed by atoms with Crippen LogP contribution in [-0.4, -0.2) is 23.0 Å². The molecule has 0 saturated carbocycles. The van der Waals surface area contributed by atoms with Crippen molar-refractivity contribution >= 4 is 11.8 Å². The number of methoxy groups -OCH3 is 1. The normalized spacial score (nSPS) is 9.94. The molecular formula is C12H11N3O2. The fourth-order valence-corrected chi connectivity index (χ4v) is 1.37. The van der Waals surface area contributed by atoms with E-state index in [2.05, 4.69) is 14.7 Å². The number of anilines is 1. The van der Waals surface area contributed by atoms with Crippen LogP contribution in [0, 0.1) is 0 Å². The van der Waals surface area contributed by atoms with E-state index in [0.717, 1.165) is 5.56 Å². The highest BCUT2D eigenvalue weighted by Crippen LogP contribution is 2.17. The predicted molar refractivity (Wildman–Crippen MR) is 63.2 cm³/mol. The minimum absolute atomic E-state index is 0.266. The van der Waals surface area contributed by atoms with Crippen LogP contribution in [0.15, 0.2) is 36.5 Å². The first kappa shape index (κ1) is 11.1. The van der Waals surface area contributed by atoms with Gasteiger partial charge >= 0.3 is 5.97 Å². The zero-order chi connectivity index (χ0) is 12.3. The lowest BCUT2D eigenvalue weighted by molar-refractivity contribution is 0.0594. The van der Waals surface area contributed by atoms with E-state index in [9.17, 15) is 4.79 Å². The van der Waals surface area contributed by atoms with Gasteiger partial charge in [-0.05, 0) is 24.3 Å². The van der Waals surface area contributed by atoms with Crippen LogP contribution < -0.4 is 5.73 Å². The number of esters is 1. The van der Waals surface area contributed by atoms with E-state index in [1.54, 1.807) is 36.5 Å². The molecule has 86 valence electrons. The molecule has 0 bridgehead atoms. The van der Waals surface area contributed by atoms with Gasteiger partial charge in [-0.1, -0.05) is 6.07 Å². The number of hydrogen-bond donors (Lipinski definition) is 1. The van der Waals surface area contributed by atoms with Gasteiger partial charge in [0.1, 0.15) is 11.5 Å². The number of carbonyl (C=O) groups is 1. The summed E-state index contributed by atoms with van der Waals surface area (Å²) in [6, 6.07) is 8.61. The summed E-state index contributed by atoms with van der Waals surface area (Å²) >= 11 is 0. The van der Waals surface area contributed by atoms with Crippen LogP contribution in [0.25, 0.3) is 11.3 Å². The fourth-order valence-electron chi connectivity index (χ4n) is 1.37. The van der Waals surface area contributed by atoms with E-state index in [1.807, 2.05) is 0 Å². The smallest absolute Gasteiger partial charge is 0.356 e. The number of aromatic nitrogens is 2. The molecule has 0 spiro atoms. The third-order valence-corrected chi connectivity index (χ3v) is 2.23. The monoisotopic (exact) mass is 229 g/mol. The average molecular weight is 229 g/mol. The second-order valence-electron chi connectivity index (χ2n) is 3.37. The zero-order valence-corrected chi connectivity index (χ0v) is 9.25. The molecule has 0 radical (unpaired) electrons. The van der Waals surface area contributed by atoms with Crippen LogP contribution in [0.1, 0.15) is 10.5 Å². The Labute approximate surface area is 98.3 Å². The third kappa shape index (κ3) is 2.39. The topological polar surface area (TPSA) is 78.1 Å². The van der Waals surface area contributed by atoms with Crippen LogP contribution >= 0.6 is 0 Å². The molecule has 2 N–H and O–H groups in total. The number of nitrogen functional groups attached to an aromatic ring is 1. The molecule has 0 fully saturated rings. The second-order valence-corrected chi connectivity index (χ2v) is 3.37. The number of ether oxygens (including phenoxy) is 1. The fraction of sp³-hybridized carbons (Fsp3) is 0.0833. The molecule has 0 aliphatic carbocycles. The van der Waals surface area contributed by atoms with E-state index in [4.69, 9.17) is 5.73 Å². The SMILES string of the molecule is COC(=O)c1cccc(-c2ccc(N)nc2)n1. The number of rotatable bonds is 2. The molecule has 0 aromatic carbocycles. The molecule has 0 amide bonds. The van der Waals surface area contributed by atoms with Gasteiger partial charge in [0.25, 0.3) is 0 Å². The van der Waals surface area contributed by atoms with E-state index < -0.39 is 5.97 Å². The molecule has 0 atom stereocenters. The Hall–Kier alpha value is -2.43. The van der Waals surface area contributed by atoms with Crippen molar-refractivity contribution in [3.8, 4) is 11.3 Å². The summed E-state index contributed by atoms with van der Waals surface area (Å²) in [5.74, 6) is -0.0203. The van der Waals surface area contributed by atoms with Crippen LogP contribution in [-0.2, 0) is 4.74 Å². The molecule has 2 heterocycles. The average Bonchev–Trinajstić information content (AvgIpc) is 2.39. The predicted octanol–water partition coefficient (Wildman–Crippen LogP) is 1.51. The van der Waals surface area contributed by atoms with Crippen LogP contribution in [0.2, 0.25) is 0 Å². The lowest BCUT2D eigenvalue weighted by Gasteiger charge is -2.03. The van der Waals surface area contributed by atoms with E-state index in [1.165, 1.54) is 7.11 Å². The van der Waals surface area contributed by atoms with Gasteiger partial charge in [-0.3, -0.25) is 0 Å². The van der Waals surface area contributed by atoms with Gasteiger partial charge in [0, 0.05) is 11.8 Å². The highest BCUT2D eigenvalue weighted by Gasteiger charge is 2.08. The van der Waals surface area contributed by atoms with Crippen molar-refractivity contribution in [2.75, 3.05) is 12.8 Å². The molecule has 0 unspecified atom stereocenters. The minimum atomic E-state index is -0.463. The molecule has 5 nitrogen and oxygen atoms in total. The lowest BCUT2D eigenvalue weighted by Crippen LogP contribution is -2.04. The Morgan fingerprint density at radius 1 is 1.29 bits per heavy atom. The van der Waals surface area contributed by atoms with Crippen molar-refractivity contribution in [2.45, 2.75) is 0 Å². The molecule has 0 aliphatic rings. The first-order valence-electron chi connectivity index (χ1n) is 4.98. The number of pyridine rings is 2. The zero-order valence-electron chi connectivity index (χ0n) is 9.25. The number of nitrogens with zero attached hydrogens (tertiary/aromatic N) is 2. The van der Waals surface area contributed by atoms with Gasteiger partial charge < -0.3 is 10.5 Å². The molecule has 0 saturated heterocycles. The maximum absolute atomic E-state index is 11.3. The highest BCUT2D eigenvalue weighted by molar-refractivity contribution is 5.87. The summed E-state index contributed by atoms with van der Waals surface area (Å²) in [6.45, 7) is 0. The molecule has 2 aromatic rings. The first-order valence-corrected chi connectivity index (χ1v) is 4.98. The molecular weight excluding hydrogens is 218 g/mol. The molecule has 0 aliphatic heterocycles. The summed E-state index contributed by atoms with van der Waals surface area (Å²) in [6.07, 6.45) is 1.61. The van der Waals surface area contributed by atoms with Gasteiger partial charge in [0.15, 0.2) is 0 Å². The van der Waals surface area contributed by atoms with Gasteiger partial charge in [0.2, 0.25) is 0 Å². The van der Waals surface area contributed by atoms with Crippen molar-refractivity contribution in [2.24, 2.45) is 0 Å². The number of carbonyl (C=O) groups excluding carboxylic acids is 1. The Morgan fingerprint density at radius 3 is 2.76 bits per heavy atom. The minimum Gasteiger partial charge on any atom is -0.464 e. The van der Waals surface area contributed by atoms with Gasteiger partial charge in [-0.2, -0.15) is 0 Å². The van der Waals surface area contributed by atoms with Crippen LogP contribution in [0.3, 0.4) is 0 Å². The summed E-state index contributed by atoms with van der Waals surface area (Å²) in [7, 11) is 1.32. The Balaban J connectivity index is 2.39. The third-order valence-electron chi connectivity index (χ3n) is 2.23. The van der Waals surface area contributed by atoms with Crippen molar-refractivity contribution < 1.29 is 9.53 Å². The Bertz CT molecular complexity index is 538. The second kappa shape index (κ2) is 4.61. The van der Waals surface area contributed by atoms with Crippen molar-refractivity contribution in [1.82, 2.24) is 9.97 Å². The molecule has 2 aromatic heterocycles. The Morgan fingerprint density at radius 2 is 2.12 bits per heavy atom. The molecule has 2 rings (SSSR count). The van der Waals surface area contributed by atoms with E-state index in [-0.39, 0.29) is 5.69 Å². The summed E-state index contributed by atoms with van der Waals surface area (Å²) < 4.78 is 4.61. The van der Waals surface area contributed by atoms with Gasteiger partial charge in [-0.25, -0.2) is 14.8 Å². The Kier molecular flexibility index (Phi) is 3.00. The van der Waals surface area contributed by atoms with Crippen molar-refractivity contribution in [1.29, 1.82) is 0 Å².